The van der Waals surface area contributed by atoms with Crippen LogP contribution in [0.5, 0.6) is 0 Å². The second-order valence-corrected chi connectivity index (χ2v) is 9.41. The van der Waals surface area contributed by atoms with Crippen molar-refractivity contribution in [2.24, 2.45) is 4.99 Å². The van der Waals surface area contributed by atoms with Gasteiger partial charge in [-0.05, 0) is 30.3 Å². The zero-order valence-corrected chi connectivity index (χ0v) is 21.3. The van der Waals surface area contributed by atoms with Crippen LogP contribution in [0.25, 0.3) is 0 Å². The average Bonchev–Trinajstić information content (AvgIpc) is 2.94. The number of hydrogen-bond donors (Lipinski definition) is 0. The minimum absolute atomic E-state index is 0.0183. The molecule has 0 aliphatic carbocycles. The first-order valence-electron chi connectivity index (χ1n) is 11.4. The molecular formula is C26H23FN2O9S. The van der Waals surface area contributed by atoms with Crippen LogP contribution in [0.1, 0.15) is 20.7 Å². The lowest BCUT2D eigenvalue weighted by atomic mass is 10.1. The van der Waals surface area contributed by atoms with Crippen molar-refractivity contribution in [2.45, 2.75) is 23.3 Å². The molecule has 0 aliphatic rings. The Bertz CT molecular complexity index is 1430. The van der Waals surface area contributed by atoms with Gasteiger partial charge in [-0.15, -0.1) is 0 Å². The summed E-state index contributed by atoms with van der Waals surface area (Å²) in [6.07, 6.45) is -5.44. The molecule has 3 aromatic carbocycles. The number of ether oxygens (including phenoxy) is 2. The largest absolute Gasteiger partial charge is 0.459 e. The van der Waals surface area contributed by atoms with E-state index in [1.54, 1.807) is 24.3 Å². The predicted octanol–water partition coefficient (Wildman–Crippen LogP) is 3.79. The highest BCUT2D eigenvalue weighted by atomic mass is 32.2. The number of hydrogen-bond acceptors (Lipinski definition) is 10. The molecule has 39 heavy (non-hydrogen) atoms. The van der Waals surface area contributed by atoms with Crippen LogP contribution in [0, 0.1) is 10.1 Å². The number of esters is 2. The van der Waals surface area contributed by atoms with Gasteiger partial charge in [-0.2, -0.15) is 8.42 Å². The fraction of sp³-hybridized carbons (Fsp3) is 0.192. The fourth-order valence-electron chi connectivity index (χ4n) is 3.37. The van der Waals surface area contributed by atoms with Crippen LogP contribution in [0.4, 0.5) is 10.1 Å². The van der Waals surface area contributed by atoms with E-state index < -0.39 is 62.5 Å². The molecule has 204 valence electrons. The van der Waals surface area contributed by atoms with Gasteiger partial charge < -0.3 is 9.47 Å². The molecule has 11 nitrogen and oxygen atoms in total. The van der Waals surface area contributed by atoms with Crippen LogP contribution in [0.15, 0.2) is 94.8 Å². The highest BCUT2D eigenvalue weighted by Gasteiger charge is 2.40. The van der Waals surface area contributed by atoms with Gasteiger partial charge in [0.25, 0.3) is 5.69 Å². The van der Waals surface area contributed by atoms with Crippen molar-refractivity contribution in [3.8, 4) is 0 Å². The van der Waals surface area contributed by atoms with Crippen molar-refractivity contribution in [3.63, 3.8) is 0 Å². The van der Waals surface area contributed by atoms with E-state index in [2.05, 4.69) is 4.99 Å². The maximum atomic E-state index is 15.3. The molecule has 3 atom stereocenters. The van der Waals surface area contributed by atoms with Crippen LogP contribution < -0.4 is 0 Å². The Kier molecular flexibility index (Phi) is 9.95. The van der Waals surface area contributed by atoms with E-state index in [9.17, 15) is 28.1 Å². The number of benzene rings is 3. The molecule has 0 radical (unpaired) electrons. The second kappa shape index (κ2) is 13.3. The Morgan fingerprint density at radius 1 is 0.949 bits per heavy atom. The summed E-state index contributed by atoms with van der Waals surface area (Å²) in [7, 11) is -3.74. The lowest BCUT2D eigenvalue weighted by Gasteiger charge is -2.27. The first-order chi connectivity index (χ1) is 18.6. The van der Waals surface area contributed by atoms with Crippen LogP contribution in [0.2, 0.25) is 0 Å². The molecule has 0 amide bonds. The number of nitro groups is 1. The lowest BCUT2D eigenvalue weighted by Crippen LogP contribution is -2.45. The molecule has 3 aromatic rings. The topological polar surface area (TPSA) is 151 Å². The van der Waals surface area contributed by atoms with E-state index in [4.69, 9.17) is 13.7 Å². The minimum atomic E-state index is -4.98. The molecule has 0 fully saturated rings. The Balaban J connectivity index is 2.00. The van der Waals surface area contributed by atoms with Crippen molar-refractivity contribution in [3.05, 3.63) is 106 Å². The van der Waals surface area contributed by atoms with Gasteiger partial charge in [0.1, 0.15) is 6.61 Å². The van der Waals surface area contributed by atoms with Gasteiger partial charge in [-0.3, -0.25) is 19.3 Å². The monoisotopic (exact) mass is 558 g/mol. The van der Waals surface area contributed by atoms with Gasteiger partial charge in [-0.1, -0.05) is 48.5 Å². The van der Waals surface area contributed by atoms with Crippen molar-refractivity contribution in [1.82, 2.24) is 0 Å². The van der Waals surface area contributed by atoms with Crippen molar-refractivity contribution in [2.75, 3.05) is 13.7 Å². The number of alkyl halides is 1. The van der Waals surface area contributed by atoms with Gasteiger partial charge in [-0.25, -0.2) is 14.0 Å². The minimum Gasteiger partial charge on any atom is -0.459 e. The third kappa shape index (κ3) is 7.75. The lowest BCUT2D eigenvalue weighted by molar-refractivity contribution is -0.387. The van der Waals surface area contributed by atoms with Gasteiger partial charge in [0.15, 0.2) is 23.3 Å². The Labute approximate surface area is 223 Å². The summed E-state index contributed by atoms with van der Waals surface area (Å²) in [6, 6.07) is 19.4. The van der Waals surface area contributed by atoms with Crippen LogP contribution >= 0.6 is 0 Å². The van der Waals surface area contributed by atoms with Crippen LogP contribution in [0.3, 0.4) is 0 Å². The van der Waals surface area contributed by atoms with E-state index in [0.717, 1.165) is 18.3 Å². The normalized spacial score (nSPS) is 13.8. The summed E-state index contributed by atoms with van der Waals surface area (Å²) < 4.78 is 57.2. The summed E-state index contributed by atoms with van der Waals surface area (Å²) >= 11 is 0. The molecular weight excluding hydrogens is 535 g/mol. The molecule has 0 saturated carbocycles. The fourth-order valence-corrected chi connectivity index (χ4v) is 4.60. The number of aliphatic imine (C=N–C) groups is 1. The Hall–Kier alpha value is -4.49. The van der Waals surface area contributed by atoms with E-state index in [-0.39, 0.29) is 11.1 Å². The van der Waals surface area contributed by atoms with Gasteiger partial charge in [0.05, 0.1) is 16.1 Å². The molecule has 0 spiro atoms. The number of para-hydroxylation sites is 1. The molecule has 0 saturated heterocycles. The molecule has 0 N–H and O–H groups in total. The highest BCUT2D eigenvalue weighted by Crippen LogP contribution is 2.27. The van der Waals surface area contributed by atoms with Crippen LogP contribution in [-0.2, 0) is 23.8 Å². The third-order valence-electron chi connectivity index (χ3n) is 5.19. The Morgan fingerprint density at radius 3 is 2.05 bits per heavy atom. The molecule has 0 aromatic heterocycles. The number of carbonyl (C=O) groups excluding carboxylic acids is 2. The summed E-state index contributed by atoms with van der Waals surface area (Å²) in [6.45, 7) is -0.904. The standard InChI is InChI=1S/C26H23FN2O9S/c1-28-16-20(27)24(37-26(31)19-12-6-3-7-13-19)22(17-36-25(30)18-10-4-2-5-11-18)38-39(34,35)23-15-9-8-14-21(23)29(32)33/h2-16,20,22,24H,17H2,1H3/b28-16-/t20-,22-,24+/m1/s1. The van der Waals surface area contributed by atoms with E-state index in [1.807, 2.05) is 0 Å². The number of nitrogens with zero attached hydrogens (tertiary/aromatic N) is 2. The van der Waals surface area contributed by atoms with Gasteiger partial charge >= 0.3 is 22.1 Å². The summed E-state index contributed by atoms with van der Waals surface area (Å²) in [5, 5.41) is 11.4. The molecule has 0 unspecified atom stereocenters. The molecule has 0 bridgehead atoms. The maximum absolute atomic E-state index is 15.3. The zero-order chi connectivity index (χ0) is 28.4. The van der Waals surface area contributed by atoms with E-state index >= 15 is 4.39 Å². The quantitative estimate of drug-likeness (QED) is 0.106. The van der Waals surface area contributed by atoms with Gasteiger partial charge in [0.2, 0.25) is 0 Å². The highest BCUT2D eigenvalue weighted by molar-refractivity contribution is 7.87. The number of nitro benzene ring substituents is 1. The van der Waals surface area contributed by atoms with Gasteiger partial charge in [0, 0.05) is 19.3 Å². The first-order valence-corrected chi connectivity index (χ1v) is 12.8. The average molecular weight is 559 g/mol. The molecule has 0 heterocycles. The first kappa shape index (κ1) is 29.1. The van der Waals surface area contributed by atoms with Crippen LogP contribution in [-0.4, -0.2) is 63.5 Å². The van der Waals surface area contributed by atoms with E-state index in [0.29, 0.717) is 0 Å². The number of halogens is 1. The SMILES string of the molecule is C/N=C\[C@@H](F)[C@H](OC(=O)c1ccccc1)[C@@H](COC(=O)c1ccccc1)OS(=O)(=O)c1ccccc1[N+](=O)[O-]. The predicted molar refractivity (Wildman–Crippen MR) is 137 cm³/mol. The third-order valence-corrected chi connectivity index (χ3v) is 6.58. The Morgan fingerprint density at radius 2 is 1.49 bits per heavy atom. The van der Waals surface area contributed by atoms with Crippen molar-refractivity contribution < 1.29 is 41.0 Å². The summed E-state index contributed by atoms with van der Waals surface area (Å²) in [4.78, 5) is 38.5. The number of rotatable bonds is 12. The summed E-state index contributed by atoms with van der Waals surface area (Å²) in [5.41, 5.74) is -0.686. The van der Waals surface area contributed by atoms with Crippen molar-refractivity contribution in [1.29, 1.82) is 0 Å². The van der Waals surface area contributed by atoms with E-state index in [1.165, 1.54) is 55.6 Å². The zero-order valence-electron chi connectivity index (χ0n) is 20.5. The van der Waals surface area contributed by atoms with Crippen molar-refractivity contribution >= 4 is 34.0 Å². The maximum Gasteiger partial charge on any atom is 0.338 e. The molecule has 13 heteroatoms. The second-order valence-electron chi connectivity index (χ2n) is 7.87. The molecule has 3 rings (SSSR count). The summed E-state index contributed by atoms with van der Waals surface area (Å²) in [5.74, 6) is -1.93. The number of carbonyl (C=O) groups is 2. The molecule has 0 aliphatic heterocycles. The smallest absolute Gasteiger partial charge is 0.338 e.